The number of carbonyl (C=O) groups is 3. The number of esters is 1. The number of Topliss-reactive ketones (excluding diaryl/α,β-unsaturated/α-hetero) is 1. The van der Waals surface area contributed by atoms with Crippen LogP contribution in [0.15, 0.2) is 48.0 Å². The van der Waals surface area contributed by atoms with Crippen LogP contribution < -0.4 is 9.47 Å². The highest BCUT2D eigenvalue weighted by Crippen LogP contribution is 2.41. The number of nitrogens with zero attached hydrogens (tertiary/aromatic N) is 1. The number of ketones is 1. The zero-order valence-corrected chi connectivity index (χ0v) is 18.1. The van der Waals surface area contributed by atoms with E-state index in [4.69, 9.17) is 21.1 Å². The second kappa shape index (κ2) is 9.22. The third-order valence-corrected chi connectivity index (χ3v) is 5.16. The summed E-state index contributed by atoms with van der Waals surface area (Å²) in [6.45, 7) is 3.48. The molecule has 1 aliphatic heterocycles. The maximum absolute atomic E-state index is 12.9. The number of methoxy groups -OCH3 is 1. The van der Waals surface area contributed by atoms with Gasteiger partial charge in [-0.15, -0.1) is 0 Å². The number of hydrogen-bond acceptors (Lipinski definition) is 6. The zero-order chi connectivity index (χ0) is 22.7. The molecule has 7 nitrogen and oxygen atoms in total. The topological polar surface area (TPSA) is 93.1 Å². The van der Waals surface area contributed by atoms with Crippen molar-refractivity contribution in [3.8, 4) is 11.5 Å². The Morgan fingerprint density at radius 3 is 2.55 bits per heavy atom. The molecular weight excluding hydrogens is 422 g/mol. The van der Waals surface area contributed by atoms with E-state index in [2.05, 4.69) is 0 Å². The summed E-state index contributed by atoms with van der Waals surface area (Å²) in [6, 6.07) is 10.3. The fourth-order valence-corrected chi connectivity index (χ4v) is 3.84. The standard InChI is InChI=1S/C23H22ClNO6/c1-4-10-25-20(14-6-5-7-16(11-14)31-13(2)26)19(22(28)23(25)29)21(27)15-8-9-18(30-3)17(24)12-15/h5-9,11-12,20,27H,4,10H2,1-3H3/b21-19+. The summed E-state index contributed by atoms with van der Waals surface area (Å²) < 4.78 is 10.3. The number of likely N-dealkylation sites (tertiary alicyclic amines) is 1. The minimum Gasteiger partial charge on any atom is -0.507 e. The molecule has 2 aromatic rings. The Hall–Kier alpha value is -3.32. The summed E-state index contributed by atoms with van der Waals surface area (Å²) in [7, 11) is 1.47. The van der Waals surface area contributed by atoms with E-state index in [-0.39, 0.29) is 27.7 Å². The predicted molar refractivity (Wildman–Crippen MR) is 115 cm³/mol. The highest BCUT2D eigenvalue weighted by atomic mass is 35.5. The van der Waals surface area contributed by atoms with Crippen molar-refractivity contribution in [2.45, 2.75) is 26.3 Å². The van der Waals surface area contributed by atoms with Gasteiger partial charge < -0.3 is 19.5 Å². The summed E-state index contributed by atoms with van der Waals surface area (Å²) >= 11 is 6.18. The van der Waals surface area contributed by atoms with E-state index in [1.165, 1.54) is 25.0 Å². The lowest BCUT2D eigenvalue weighted by Gasteiger charge is -2.25. The lowest BCUT2D eigenvalue weighted by Crippen LogP contribution is -2.30. The predicted octanol–water partition coefficient (Wildman–Crippen LogP) is 4.11. The summed E-state index contributed by atoms with van der Waals surface area (Å²) in [5.74, 6) is -1.64. The van der Waals surface area contributed by atoms with Crippen molar-refractivity contribution in [1.82, 2.24) is 4.90 Å². The Labute approximate surface area is 184 Å². The maximum Gasteiger partial charge on any atom is 0.308 e. The Kier molecular flexibility index (Phi) is 6.65. The minimum atomic E-state index is -0.837. The molecule has 0 aromatic heterocycles. The van der Waals surface area contributed by atoms with E-state index in [9.17, 15) is 19.5 Å². The molecule has 0 spiro atoms. The van der Waals surface area contributed by atoms with Crippen molar-refractivity contribution in [1.29, 1.82) is 0 Å². The van der Waals surface area contributed by atoms with Crippen LogP contribution in [0.5, 0.6) is 11.5 Å². The number of halogens is 1. The second-order valence-corrected chi connectivity index (χ2v) is 7.42. The van der Waals surface area contributed by atoms with E-state index in [1.807, 2.05) is 6.92 Å². The smallest absolute Gasteiger partial charge is 0.308 e. The lowest BCUT2D eigenvalue weighted by atomic mass is 9.95. The van der Waals surface area contributed by atoms with Crippen LogP contribution in [-0.4, -0.2) is 41.3 Å². The summed E-state index contributed by atoms with van der Waals surface area (Å²) in [5, 5.41) is 11.3. The molecule has 0 bridgehead atoms. The average molecular weight is 444 g/mol. The maximum atomic E-state index is 12.9. The van der Waals surface area contributed by atoms with Crippen molar-refractivity contribution >= 4 is 35.0 Å². The van der Waals surface area contributed by atoms with Gasteiger partial charge in [0.1, 0.15) is 17.3 Å². The van der Waals surface area contributed by atoms with Gasteiger partial charge in [0.2, 0.25) is 0 Å². The second-order valence-electron chi connectivity index (χ2n) is 7.01. The van der Waals surface area contributed by atoms with Gasteiger partial charge in [-0.3, -0.25) is 14.4 Å². The largest absolute Gasteiger partial charge is 0.507 e. The minimum absolute atomic E-state index is 0.0559. The average Bonchev–Trinajstić information content (AvgIpc) is 2.98. The zero-order valence-electron chi connectivity index (χ0n) is 17.3. The summed E-state index contributed by atoms with van der Waals surface area (Å²) in [4.78, 5) is 38.4. The molecule has 1 unspecified atom stereocenters. The lowest BCUT2D eigenvalue weighted by molar-refractivity contribution is -0.139. The van der Waals surface area contributed by atoms with Gasteiger partial charge in [-0.1, -0.05) is 30.7 Å². The third kappa shape index (κ3) is 4.41. The van der Waals surface area contributed by atoms with Gasteiger partial charge in [-0.05, 0) is 42.3 Å². The van der Waals surface area contributed by atoms with Crippen molar-refractivity contribution in [3.05, 3.63) is 64.2 Å². The van der Waals surface area contributed by atoms with E-state index in [0.29, 0.717) is 24.3 Å². The van der Waals surface area contributed by atoms with Crippen LogP contribution in [-0.2, 0) is 14.4 Å². The normalized spacial score (nSPS) is 17.7. The summed E-state index contributed by atoms with van der Waals surface area (Å²) in [5.41, 5.74) is 0.758. The monoisotopic (exact) mass is 443 g/mol. The van der Waals surface area contributed by atoms with E-state index in [1.54, 1.807) is 36.4 Å². The molecule has 31 heavy (non-hydrogen) atoms. The molecule has 2 aromatic carbocycles. The molecule has 1 N–H and O–H groups in total. The Balaban J connectivity index is 2.17. The molecule has 1 aliphatic rings. The molecular formula is C23H22ClNO6. The van der Waals surface area contributed by atoms with Gasteiger partial charge in [0, 0.05) is 19.0 Å². The molecule has 1 heterocycles. The van der Waals surface area contributed by atoms with Gasteiger partial charge in [-0.25, -0.2) is 0 Å². The highest BCUT2D eigenvalue weighted by Gasteiger charge is 2.45. The van der Waals surface area contributed by atoms with Gasteiger partial charge in [0.15, 0.2) is 0 Å². The number of carbonyl (C=O) groups excluding carboxylic acids is 3. The van der Waals surface area contributed by atoms with Gasteiger partial charge >= 0.3 is 5.97 Å². The molecule has 3 rings (SSSR count). The molecule has 1 atom stereocenters. The van der Waals surface area contributed by atoms with Gasteiger partial charge in [0.05, 0.1) is 23.7 Å². The number of ether oxygens (including phenoxy) is 2. The van der Waals surface area contributed by atoms with Crippen molar-refractivity contribution in [2.75, 3.05) is 13.7 Å². The fraction of sp³-hybridized carbons (Fsp3) is 0.261. The first kappa shape index (κ1) is 22.4. The molecule has 1 fully saturated rings. The molecule has 1 amide bonds. The van der Waals surface area contributed by atoms with Crippen LogP contribution in [0.25, 0.3) is 5.76 Å². The Morgan fingerprint density at radius 2 is 1.94 bits per heavy atom. The van der Waals surface area contributed by atoms with Crippen molar-refractivity contribution in [2.24, 2.45) is 0 Å². The van der Waals surface area contributed by atoms with Crippen LogP contribution in [0.2, 0.25) is 5.02 Å². The fourth-order valence-electron chi connectivity index (χ4n) is 3.58. The first-order valence-electron chi connectivity index (χ1n) is 9.69. The van der Waals surface area contributed by atoms with Crippen LogP contribution in [0.3, 0.4) is 0 Å². The highest BCUT2D eigenvalue weighted by molar-refractivity contribution is 6.46. The summed E-state index contributed by atoms with van der Waals surface area (Å²) in [6.07, 6.45) is 0.613. The van der Waals surface area contributed by atoms with Crippen LogP contribution >= 0.6 is 11.6 Å². The first-order valence-corrected chi connectivity index (χ1v) is 10.1. The van der Waals surface area contributed by atoms with Gasteiger partial charge in [-0.2, -0.15) is 0 Å². The van der Waals surface area contributed by atoms with Crippen LogP contribution in [0.4, 0.5) is 0 Å². The molecule has 162 valence electrons. The molecule has 1 saturated heterocycles. The van der Waals surface area contributed by atoms with Crippen molar-refractivity contribution < 1.29 is 29.0 Å². The van der Waals surface area contributed by atoms with Crippen molar-refractivity contribution in [3.63, 3.8) is 0 Å². The molecule has 0 aliphatic carbocycles. The SMILES string of the molecule is CCCN1C(=O)C(=O)/C(=C(/O)c2ccc(OC)c(Cl)c2)C1c1cccc(OC(C)=O)c1. The number of aliphatic hydroxyl groups is 1. The van der Waals surface area contributed by atoms with Gasteiger partial charge in [0.25, 0.3) is 11.7 Å². The third-order valence-electron chi connectivity index (χ3n) is 4.87. The Bertz CT molecular complexity index is 1080. The van der Waals surface area contributed by atoms with E-state index < -0.39 is 23.7 Å². The Morgan fingerprint density at radius 1 is 1.19 bits per heavy atom. The van der Waals surface area contributed by atoms with E-state index in [0.717, 1.165) is 0 Å². The number of hydrogen-bond donors (Lipinski definition) is 1. The number of amides is 1. The van der Waals surface area contributed by atoms with Crippen LogP contribution in [0.1, 0.15) is 37.4 Å². The number of benzene rings is 2. The quantitative estimate of drug-likeness (QED) is 0.237. The number of aliphatic hydroxyl groups excluding tert-OH is 1. The number of rotatable bonds is 6. The first-order chi connectivity index (χ1) is 14.8. The molecule has 8 heteroatoms. The molecule has 0 saturated carbocycles. The van der Waals surface area contributed by atoms with E-state index >= 15 is 0 Å². The van der Waals surface area contributed by atoms with Crippen LogP contribution in [0, 0.1) is 0 Å². The molecule has 0 radical (unpaired) electrons.